The molecule has 0 fully saturated rings. The van der Waals surface area contributed by atoms with E-state index in [2.05, 4.69) is 9.98 Å². The van der Waals surface area contributed by atoms with E-state index in [-0.39, 0.29) is 22.6 Å². The molecule has 19 heteroatoms. The third kappa shape index (κ3) is 10.4. The third-order valence-electron chi connectivity index (χ3n) is 7.98. The first kappa shape index (κ1) is 40.2. The number of nitro benzene ring substituents is 4. The van der Waals surface area contributed by atoms with Gasteiger partial charge < -0.3 is 9.47 Å². The maximum absolute atomic E-state index is 12.9. The summed E-state index contributed by atoms with van der Waals surface area (Å²) in [5.74, 6) is -1.89. The molecule has 292 valence electrons. The fourth-order valence-corrected chi connectivity index (χ4v) is 5.97. The van der Waals surface area contributed by atoms with Gasteiger partial charge >= 0.3 is 11.9 Å². The van der Waals surface area contributed by atoms with Crippen molar-refractivity contribution in [3.05, 3.63) is 196 Å². The number of benzene rings is 6. The maximum atomic E-state index is 12.9. The molecule has 0 atom stereocenters. The Kier molecular flexibility index (Phi) is 12.3. The van der Waals surface area contributed by atoms with Crippen LogP contribution in [0.15, 0.2) is 153 Å². The van der Waals surface area contributed by atoms with E-state index in [0.29, 0.717) is 22.5 Å². The molecule has 0 radical (unpaired) electrons. The van der Waals surface area contributed by atoms with Crippen molar-refractivity contribution in [2.75, 3.05) is 0 Å². The van der Waals surface area contributed by atoms with Gasteiger partial charge in [0.2, 0.25) is 0 Å². The van der Waals surface area contributed by atoms with Gasteiger partial charge in [0.05, 0.1) is 54.3 Å². The van der Waals surface area contributed by atoms with Crippen molar-refractivity contribution < 1.29 is 38.8 Å². The topological polar surface area (TPSA) is 250 Å². The Balaban J connectivity index is 1.08. The zero-order valence-corrected chi connectivity index (χ0v) is 30.7. The van der Waals surface area contributed by atoms with E-state index < -0.39 is 54.4 Å². The lowest BCUT2D eigenvalue weighted by Crippen LogP contribution is -2.11. The highest BCUT2D eigenvalue weighted by molar-refractivity contribution is 7.99. The van der Waals surface area contributed by atoms with Crippen molar-refractivity contribution in [1.29, 1.82) is 0 Å². The van der Waals surface area contributed by atoms with Gasteiger partial charge in [-0.1, -0.05) is 36.0 Å². The SMILES string of the molecule is O=C(Oc1ccccc1C=Nc1ccc(Sc2ccc(N=Cc3ccccc3OC(=O)c3cc([N+](=O)[O-])cc([N+](=O)[O-])c3)cc2)cc1)c1cc([N+](=O)[O-])cc([N+](=O)[O-])c1. The number of non-ortho nitro benzene ring substituents is 4. The fourth-order valence-electron chi connectivity index (χ4n) is 5.15. The summed E-state index contributed by atoms with van der Waals surface area (Å²) in [6.45, 7) is 0. The Bertz CT molecular complexity index is 2460. The molecule has 6 aromatic carbocycles. The van der Waals surface area contributed by atoms with Crippen LogP contribution in [-0.4, -0.2) is 44.1 Å². The molecule has 0 saturated heterocycles. The lowest BCUT2D eigenvalue weighted by atomic mass is 10.1. The standard InChI is InChI=1S/C40H24N6O12S/c47-39(27-17-31(43(49)50)21-32(18-27)44(51)52)57-37-7-3-1-5-25(37)23-41-29-9-13-35(14-10-29)59-36-15-11-30(12-16-36)42-24-26-6-2-4-8-38(26)58-40(48)28-19-33(45(53)54)22-34(20-28)46(55)56/h1-24H. The number of hydrogen-bond acceptors (Lipinski definition) is 15. The number of rotatable bonds is 14. The fraction of sp³-hybridized carbons (Fsp3) is 0. The van der Waals surface area contributed by atoms with E-state index in [1.165, 1.54) is 36.3 Å². The molecule has 0 saturated carbocycles. The van der Waals surface area contributed by atoms with Crippen LogP contribution in [0.3, 0.4) is 0 Å². The van der Waals surface area contributed by atoms with Gasteiger partial charge in [-0.25, -0.2) is 9.59 Å². The average molecular weight is 813 g/mol. The highest BCUT2D eigenvalue weighted by atomic mass is 32.2. The van der Waals surface area contributed by atoms with Crippen LogP contribution in [0.1, 0.15) is 31.8 Å². The van der Waals surface area contributed by atoms with Crippen LogP contribution in [0.5, 0.6) is 11.5 Å². The first-order valence-electron chi connectivity index (χ1n) is 16.8. The zero-order chi connectivity index (χ0) is 42.1. The largest absolute Gasteiger partial charge is 0.422 e. The lowest BCUT2D eigenvalue weighted by Gasteiger charge is -2.08. The van der Waals surface area contributed by atoms with E-state index in [4.69, 9.17) is 9.47 Å². The molecule has 6 aromatic rings. The lowest BCUT2D eigenvalue weighted by molar-refractivity contribution is -0.394. The van der Waals surface area contributed by atoms with Gasteiger partial charge in [-0.15, -0.1) is 0 Å². The molecular formula is C40H24N6O12S. The summed E-state index contributed by atoms with van der Waals surface area (Å²) in [5.41, 5.74) is -1.29. The second-order valence-corrected chi connectivity index (χ2v) is 13.1. The number of hydrogen-bond donors (Lipinski definition) is 0. The summed E-state index contributed by atoms with van der Waals surface area (Å²) in [4.78, 5) is 78.0. The Hall–Kier alpha value is -8.45. The first-order valence-corrected chi connectivity index (χ1v) is 17.6. The molecule has 0 N–H and O–H groups in total. The molecule has 0 bridgehead atoms. The highest BCUT2D eigenvalue weighted by Crippen LogP contribution is 2.32. The predicted molar refractivity (Wildman–Crippen MR) is 214 cm³/mol. The van der Waals surface area contributed by atoms with E-state index in [1.807, 2.05) is 24.3 Å². The number of carbonyl (C=O) groups excluding carboxylic acids is 2. The minimum atomic E-state index is -1.03. The van der Waals surface area contributed by atoms with Crippen LogP contribution in [-0.2, 0) is 0 Å². The number of esters is 2. The molecular weight excluding hydrogens is 789 g/mol. The van der Waals surface area contributed by atoms with Crippen LogP contribution in [0.25, 0.3) is 0 Å². The second kappa shape index (κ2) is 18.0. The number of aliphatic imine (C=N–C) groups is 2. The van der Waals surface area contributed by atoms with Crippen LogP contribution in [0, 0.1) is 40.5 Å². The van der Waals surface area contributed by atoms with Crippen LogP contribution in [0.2, 0.25) is 0 Å². The highest BCUT2D eigenvalue weighted by Gasteiger charge is 2.23. The smallest absolute Gasteiger partial charge is 0.344 e. The van der Waals surface area contributed by atoms with Crippen molar-refractivity contribution >= 4 is 70.3 Å². The molecule has 0 amide bonds. The van der Waals surface area contributed by atoms with Crippen LogP contribution in [0.4, 0.5) is 34.1 Å². The molecule has 0 aromatic heterocycles. The number of ether oxygens (including phenoxy) is 2. The molecule has 59 heavy (non-hydrogen) atoms. The molecule has 0 unspecified atom stereocenters. The van der Waals surface area contributed by atoms with Gasteiger partial charge in [-0.3, -0.25) is 50.4 Å². The Morgan fingerprint density at radius 3 is 1.12 bits per heavy atom. The monoisotopic (exact) mass is 812 g/mol. The second-order valence-electron chi connectivity index (χ2n) is 12.0. The van der Waals surface area contributed by atoms with Crippen molar-refractivity contribution in [1.82, 2.24) is 0 Å². The maximum Gasteiger partial charge on any atom is 0.344 e. The van der Waals surface area contributed by atoms with E-state index >= 15 is 0 Å². The van der Waals surface area contributed by atoms with Crippen molar-refractivity contribution in [2.24, 2.45) is 9.98 Å². The van der Waals surface area contributed by atoms with Crippen molar-refractivity contribution in [2.45, 2.75) is 9.79 Å². The Morgan fingerprint density at radius 1 is 0.475 bits per heavy atom. The average Bonchev–Trinajstić information content (AvgIpc) is 3.23. The molecule has 0 spiro atoms. The first-order chi connectivity index (χ1) is 28.3. The van der Waals surface area contributed by atoms with Gasteiger partial charge in [0, 0.05) is 57.6 Å². The Labute approximate surface area is 335 Å². The number of para-hydroxylation sites is 2. The quantitative estimate of drug-likeness (QED) is 0.0327. The number of nitro groups is 4. The van der Waals surface area contributed by atoms with E-state index in [1.54, 1.807) is 60.7 Å². The van der Waals surface area contributed by atoms with Gasteiger partial charge in [0.25, 0.3) is 22.7 Å². The number of carbonyl (C=O) groups is 2. The summed E-state index contributed by atoms with van der Waals surface area (Å²) in [7, 11) is 0. The summed E-state index contributed by atoms with van der Waals surface area (Å²) in [6.07, 6.45) is 2.93. The van der Waals surface area contributed by atoms with Crippen molar-refractivity contribution in [3.8, 4) is 11.5 Å². The predicted octanol–water partition coefficient (Wildman–Crippen LogP) is 9.41. The molecule has 18 nitrogen and oxygen atoms in total. The molecule has 0 aliphatic carbocycles. The van der Waals surface area contributed by atoms with Crippen molar-refractivity contribution in [3.63, 3.8) is 0 Å². The summed E-state index contributed by atoms with van der Waals surface area (Å²) in [5, 5.41) is 45.0. The van der Waals surface area contributed by atoms with Gasteiger partial charge in [-0.2, -0.15) is 0 Å². The van der Waals surface area contributed by atoms with Gasteiger partial charge in [-0.05, 0) is 72.8 Å². The van der Waals surface area contributed by atoms with Crippen LogP contribution >= 0.6 is 11.8 Å². The molecule has 0 aliphatic heterocycles. The number of nitrogens with zero attached hydrogens (tertiary/aromatic N) is 6. The minimum absolute atomic E-state index is 0.0798. The van der Waals surface area contributed by atoms with E-state index in [0.717, 1.165) is 46.2 Å². The zero-order valence-electron chi connectivity index (χ0n) is 29.8. The summed E-state index contributed by atoms with van der Waals surface area (Å²) in [6, 6.07) is 32.4. The normalized spacial score (nSPS) is 11.0. The van der Waals surface area contributed by atoms with Crippen LogP contribution < -0.4 is 9.47 Å². The van der Waals surface area contributed by atoms with E-state index in [9.17, 15) is 50.0 Å². The Morgan fingerprint density at radius 2 is 0.797 bits per heavy atom. The molecule has 6 rings (SSSR count). The third-order valence-corrected chi connectivity index (χ3v) is 8.99. The summed E-state index contributed by atoms with van der Waals surface area (Å²) < 4.78 is 10.9. The summed E-state index contributed by atoms with van der Waals surface area (Å²) >= 11 is 1.47. The molecule has 0 heterocycles. The molecule has 0 aliphatic rings. The van der Waals surface area contributed by atoms with Gasteiger partial charge in [0.15, 0.2) is 0 Å². The van der Waals surface area contributed by atoms with Gasteiger partial charge in [0.1, 0.15) is 11.5 Å². The minimum Gasteiger partial charge on any atom is -0.422 e.